The molecule has 0 spiro atoms. The molecule has 1 amide bonds. The zero-order valence-electron chi connectivity index (χ0n) is 11.0. The van der Waals surface area contributed by atoms with Gasteiger partial charge in [0.05, 0.1) is 6.61 Å². The van der Waals surface area contributed by atoms with Crippen LogP contribution >= 0.6 is 0 Å². The molecule has 1 aromatic carbocycles. The van der Waals surface area contributed by atoms with Crippen LogP contribution in [0.2, 0.25) is 0 Å². The molecule has 0 radical (unpaired) electrons. The van der Waals surface area contributed by atoms with E-state index in [-0.39, 0.29) is 12.0 Å². The fourth-order valence-corrected chi connectivity index (χ4v) is 2.16. The van der Waals surface area contributed by atoms with Gasteiger partial charge in [0.1, 0.15) is 18.5 Å². The number of hydrogen-bond acceptors (Lipinski definition) is 3. The zero-order chi connectivity index (χ0) is 13.2. The molecule has 0 bridgehead atoms. The van der Waals surface area contributed by atoms with Crippen LogP contribution in [0.4, 0.5) is 0 Å². The van der Waals surface area contributed by atoms with Crippen molar-refractivity contribution in [2.45, 2.75) is 18.9 Å². The normalized spacial score (nSPS) is 22.2. The SMILES string of the molecule is CN1C(=O)CCC=C1c1ccc(OCC2CO2)cc1. The summed E-state index contributed by atoms with van der Waals surface area (Å²) in [5.41, 5.74) is 2.03. The smallest absolute Gasteiger partial charge is 0.227 e. The minimum atomic E-state index is 0.170. The Bertz CT molecular complexity index is 503. The summed E-state index contributed by atoms with van der Waals surface area (Å²) in [4.78, 5) is 13.4. The van der Waals surface area contributed by atoms with Gasteiger partial charge in [0, 0.05) is 19.2 Å². The van der Waals surface area contributed by atoms with E-state index in [9.17, 15) is 4.79 Å². The molecule has 4 heteroatoms. The van der Waals surface area contributed by atoms with E-state index in [1.807, 2.05) is 31.3 Å². The summed E-state index contributed by atoms with van der Waals surface area (Å²) in [6, 6.07) is 7.85. The molecule has 2 heterocycles. The molecule has 1 aromatic rings. The first-order valence-electron chi connectivity index (χ1n) is 6.55. The van der Waals surface area contributed by atoms with E-state index in [1.165, 1.54) is 0 Å². The van der Waals surface area contributed by atoms with Gasteiger partial charge in [-0.1, -0.05) is 6.08 Å². The largest absolute Gasteiger partial charge is 0.491 e. The van der Waals surface area contributed by atoms with E-state index in [0.29, 0.717) is 13.0 Å². The summed E-state index contributed by atoms with van der Waals surface area (Å²) in [5.74, 6) is 1.01. The predicted octanol–water partition coefficient (Wildman–Crippen LogP) is 2.06. The van der Waals surface area contributed by atoms with Crippen LogP contribution in [0.15, 0.2) is 30.3 Å². The quantitative estimate of drug-likeness (QED) is 0.777. The van der Waals surface area contributed by atoms with Crippen LogP contribution in [0.25, 0.3) is 5.70 Å². The number of nitrogens with zero attached hydrogens (tertiary/aromatic N) is 1. The van der Waals surface area contributed by atoms with E-state index < -0.39 is 0 Å². The van der Waals surface area contributed by atoms with E-state index >= 15 is 0 Å². The number of amides is 1. The van der Waals surface area contributed by atoms with E-state index in [1.54, 1.807) is 4.90 Å². The number of benzene rings is 1. The maximum absolute atomic E-state index is 11.7. The van der Waals surface area contributed by atoms with Crippen LogP contribution < -0.4 is 4.74 Å². The number of rotatable bonds is 4. The maximum atomic E-state index is 11.7. The number of hydrogen-bond donors (Lipinski definition) is 0. The summed E-state index contributed by atoms with van der Waals surface area (Å²) in [6.45, 7) is 1.41. The molecule has 100 valence electrons. The predicted molar refractivity (Wildman–Crippen MR) is 71.7 cm³/mol. The van der Waals surface area contributed by atoms with Crippen LogP contribution in [0.1, 0.15) is 18.4 Å². The second-order valence-electron chi connectivity index (χ2n) is 4.87. The van der Waals surface area contributed by atoms with Crippen molar-refractivity contribution >= 4 is 11.6 Å². The Morgan fingerprint density at radius 1 is 1.37 bits per heavy atom. The first-order chi connectivity index (χ1) is 9.24. The molecule has 19 heavy (non-hydrogen) atoms. The monoisotopic (exact) mass is 259 g/mol. The van der Waals surface area contributed by atoms with Crippen LogP contribution in [-0.4, -0.2) is 37.2 Å². The van der Waals surface area contributed by atoms with Gasteiger partial charge in [0.2, 0.25) is 5.91 Å². The van der Waals surface area contributed by atoms with Crippen LogP contribution in [0.5, 0.6) is 5.75 Å². The third-order valence-electron chi connectivity index (χ3n) is 3.42. The number of epoxide rings is 1. The van der Waals surface area contributed by atoms with E-state index in [4.69, 9.17) is 9.47 Å². The van der Waals surface area contributed by atoms with Gasteiger partial charge in [-0.05, 0) is 36.2 Å². The molecular weight excluding hydrogens is 242 g/mol. The molecule has 0 N–H and O–H groups in total. The third-order valence-corrected chi connectivity index (χ3v) is 3.42. The van der Waals surface area contributed by atoms with Crippen molar-refractivity contribution in [3.8, 4) is 5.75 Å². The molecule has 2 aliphatic heterocycles. The minimum absolute atomic E-state index is 0.170. The average molecular weight is 259 g/mol. The van der Waals surface area contributed by atoms with Crippen molar-refractivity contribution in [2.24, 2.45) is 0 Å². The molecule has 1 fully saturated rings. The Morgan fingerprint density at radius 2 is 2.11 bits per heavy atom. The lowest BCUT2D eigenvalue weighted by molar-refractivity contribution is -0.127. The van der Waals surface area contributed by atoms with Gasteiger partial charge in [-0.15, -0.1) is 0 Å². The maximum Gasteiger partial charge on any atom is 0.227 e. The highest BCUT2D eigenvalue weighted by molar-refractivity contribution is 5.88. The van der Waals surface area contributed by atoms with Gasteiger partial charge in [-0.3, -0.25) is 4.79 Å². The highest BCUT2D eigenvalue weighted by Crippen LogP contribution is 2.26. The van der Waals surface area contributed by atoms with Crippen molar-refractivity contribution in [1.82, 2.24) is 4.90 Å². The average Bonchev–Trinajstić information content (AvgIpc) is 3.25. The Kier molecular flexibility index (Phi) is 3.25. The van der Waals surface area contributed by atoms with Crippen molar-refractivity contribution < 1.29 is 14.3 Å². The lowest BCUT2D eigenvalue weighted by Crippen LogP contribution is -2.27. The summed E-state index contributed by atoms with van der Waals surface area (Å²) < 4.78 is 10.7. The highest BCUT2D eigenvalue weighted by Gasteiger charge is 2.23. The molecule has 2 aliphatic rings. The molecule has 0 aliphatic carbocycles. The summed E-state index contributed by atoms with van der Waals surface area (Å²) in [5, 5.41) is 0. The molecule has 1 saturated heterocycles. The number of carbonyl (C=O) groups is 1. The molecule has 0 aromatic heterocycles. The molecule has 1 atom stereocenters. The first kappa shape index (κ1) is 12.2. The van der Waals surface area contributed by atoms with Crippen LogP contribution in [-0.2, 0) is 9.53 Å². The molecular formula is C15H17NO3. The van der Waals surface area contributed by atoms with Gasteiger partial charge in [0.25, 0.3) is 0 Å². The fraction of sp³-hybridized carbons (Fsp3) is 0.400. The number of carbonyl (C=O) groups excluding carboxylic acids is 1. The zero-order valence-corrected chi connectivity index (χ0v) is 11.0. The number of allylic oxidation sites excluding steroid dienone is 1. The van der Waals surface area contributed by atoms with Gasteiger partial charge < -0.3 is 14.4 Å². The van der Waals surface area contributed by atoms with Crippen LogP contribution in [0, 0.1) is 0 Å². The minimum Gasteiger partial charge on any atom is -0.491 e. The second kappa shape index (κ2) is 5.05. The Hall–Kier alpha value is -1.81. The summed E-state index contributed by atoms with van der Waals surface area (Å²) in [6.07, 6.45) is 3.79. The van der Waals surface area contributed by atoms with Crippen molar-refractivity contribution in [3.05, 3.63) is 35.9 Å². The Labute approximate surface area is 112 Å². The van der Waals surface area contributed by atoms with E-state index in [0.717, 1.165) is 30.0 Å². The molecule has 0 saturated carbocycles. The van der Waals surface area contributed by atoms with Gasteiger partial charge >= 0.3 is 0 Å². The van der Waals surface area contributed by atoms with Crippen molar-refractivity contribution in [2.75, 3.05) is 20.3 Å². The lowest BCUT2D eigenvalue weighted by atomic mass is 10.1. The van der Waals surface area contributed by atoms with Crippen molar-refractivity contribution in [1.29, 1.82) is 0 Å². The summed E-state index contributed by atoms with van der Waals surface area (Å²) >= 11 is 0. The lowest BCUT2D eigenvalue weighted by Gasteiger charge is -2.25. The Balaban J connectivity index is 1.70. The van der Waals surface area contributed by atoms with Crippen molar-refractivity contribution in [3.63, 3.8) is 0 Å². The standard InChI is InChI=1S/C15H17NO3/c1-16-14(3-2-4-15(16)17)11-5-7-12(8-6-11)18-9-13-10-19-13/h3,5-8,13H,2,4,9-10H2,1H3. The summed E-state index contributed by atoms with van der Waals surface area (Å²) in [7, 11) is 1.82. The van der Waals surface area contributed by atoms with Gasteiger partial charge in [0.15, 0.2) is 0 Å². The van der Waals surface area contributed by atoms with Gasteiger partial charge in [-0.2, -0.15) is 0 Å². The van der Waals surface area contributed by atoms with E-state index in [2.05, 4.69) is 6.08 Å². The van der Waals surface area contributed by atoms with Crippen LogP contribution in [0.3, 0.4) is 0 Å². The topological polar surface area (TPSA) is 42.1 Å². The third kappa shape index (κ3) is 2.79. The second-order valence-corrected chi connectivity index (χ2v) is 4.87. The molecule has 4 nitrogen and oxygen atoms in total. The first-order valence-corrected chi connectivity index (χ1v) is 6.55. The Morgan fingerprint density at radius 3 is 2.79 bits per heavy atom. The number of ether oxygens (including phenoxy) is 2. The fourth-order valence-electron chi connectivity index (χ4n) is 2.16. The molecule has 1 unspecified atom stereocenters. The highest BCUT2D eigenvalue weighted by atomic mass is 16.6. The van der Waals surface area contributed by atoms with Gasteiger partial charge in [-0.25, -0.2) is 0 Å². The molecule has 3 rings (SSSR count).